The fourth-order valence-corrected chi connectivity index (χ4v) is 0. The van der Waals surface area contributed by atoms with E-state index >= 15 is 0 Å². The first-order valence-corrected chi connectivity index (χ1v) is 5.83. The number of rotatable bonds is 0. The van der Waals surface area contributed by atoms with Crippen LogP contribution in [-0.4, -0.2) is 0 Å². The molecule has 0 saturated carbocycles. The van der Waals surface area contributed by atoms with Crippen LogP contribution in [0.15, 0.2) is 0 Å². The van der Waals surface area contributed by atoms with Gasteiger partial charge < -0.3 is 0 Å². The normalized spacial score (nSPS) is 1.00. The fraction of sp³-hybridized carbons (Fsp3) is 0. The standard InChI is InChI=1S/2Mo.Ni.Pr. The van der Waals surface area contributed by atoms with Gasteiger partial charge in [0.15, 0.2) is 0 Å². The van der Waals surface area contributed by atoms with E-state index in [1.54, 1.807) is 0 Å². The third kappa shape index (κ3) is 8.97. The molecule has 0 nitrogen and oxygen atoms in total. The van der Waals surface area contributed by atoms with Gasteiger partial charge in [-0.1, -0.05) is 0 Å². The van der Waals surface area contributed by atoms with Gasteiger partial charge in [-0.25, -0.2) is 0 Å². The molecule has 4 heteroatoms. The number of hydrogen-bond donors (Lipinski definition) is 0. The van der Waals surface area contributed by atoms with E-state index < -0.39 is 0 Å². The molecule has 0 rings (SSSR count). The van der Waals surface area contributed by atoms with Crippen LogP contribution in [0.3, 0.4) is 0 Å². The Morgan fingerprint density at radius 3 is 1.00 bits per heavy atom. The summed E-state index contributed by atoms with van der Waals surface area (Å²) in [6.07, 6.45) is 0. The van der Waals surface area contributed by atoms with Gasteiger partial charge in [0.25, 0.3) is 0 Å². The van der Waals surface area contributed by atoms with Crippen molar-refractivity contribution in [3.8, 4) is 0 Å². The maximum absolute atomic E-state index is 1.96. The Bertz CT molecular complexity index is 6.00. The summed E-state index contributed by atoms with van der Waals surface area (Å²) >= 11 is 3.92. The predicted octanol–water partition coefficient (Wildman–Crippen LogP) is -0.00750. The molecule has 0 aliphatic rings. The molecule has 0 heterocycles. The fourth-order valence-electron chi connectivity index (χ4n) is 0. The second kappa shape index (κ2) is 16.3. The van der Waals surface area contributed by atoms with Crippen LogP contribution in [0.1, 0.15) is 0 Å². The van der Waals surface area contributed by atoms with Gasteiger partial charge in [-0.3, -0.25) is 0 Å². The van der Waals surface area contributed by atoms with E-state index in [9.17, 15) is 0 Å². The molecule has 25 valence electrons. The van der Waals surface area contributed by atoms with Crippen LogP contribution in [0.2, 0.25) is 0 Å². The molecule has 0 bridgehead atoms. The monoisotopic (exact) mass is 395 g/mol. The van der Waals surface area contributed by atoms with Gasteiger partial charge in [-0.05, 0) is 0 Å². The Kier molecular flexibility index (Phi) is 64.0. The van der Waals surface area contributed by atoms with Gasteiger partial charge in [-0.15, -0.1) is 0 Å². The van der Waals surface area contributed by atoms with Crippen LogP contribution in [-0.2, 0) is 50.1 Å². The zero-order chi connectivity index (χ0) is 2.00. The minimum atomic E-state index is 0. The molecular formula is Mo2NiPr. The van der Waals surface area contributed by atoms with Gasteiger partial charge in [0.1, 0.15) is 0 Å². The summed E-state index contributed by atoms with van der Waals surface area (Å²) in [5.41, 5.74) is 0. The van der Waals surface area contributed by atoms with Gasteiger partial charge >= 0.3 is 33.6 Å². The van der Waals surface area contributed by atoms with Gasteiger partial charge in [0, 0.05) is 57.8 Å². The molecule has 0 spiro atoms. The zero-order valence-corrected chi connectivity index (χ0v) is 10.4. The van der Waals surface area contributed by atoms with E-state index in [4.69, 9.17) is 0 Å². The molecule has 0 amide bonds. The molecule has 0 N–H and O–H groups in total. The Labute approximate surface area is 89.2 Å². The SMILES string of the molecule is [Mo][Mo].[Ni].[Pr]. The summed E-state index contributed by atoms with van der Waals surface area (Å²) in [6, 6.07) is 0. The second-order valence-electron chi connectivity index (χ2n) is 0. The summed E-state index contributed by atoms with van der Waals surface area (Å²) in [7, 11) is 0. The maximum atomic E-state index is 1.96. The summed E-state index contributed by atoms with van der Waals surface area (Å²) in [5, 5.41) is 0. The average Bonchev–Trinajstić information content (AvgIpc) is 1.00. The van der Waals surface area contributed by atoms with Crippen LogP contribution in [0, 0.1) is 41.3 Å². The molecule has 4 heavy (non-hydrogen) atoms. The van der Waals surface area contributed by atoms with Crippen molar-refractivity contribution >= 4 is 0 Å². The maximum Gasteiger partial charge on any atom is 0 e. The molecule has 0 unspecified atom stereocenters. The molecule has 0 aliphatic heterocycles. The molecule has 0 fully saturated rings. The summed E-state index contributed by atoms with van der Waals surface area (Å²) < 4.78 is 0. The van der Waals surface area contributed by atoms with E-state index in [0.29, 0.717) is 0 Å². The van der Waals surface area contributed by atoms with E-state index in [2.05, 4.69) is 0 Å². The molecule has 0 aromatic carbocycles. The van der Waals surface area contributed by atoms with Gasteiger partial charge in [0.2, 0.25) is 0 Å². The molecule has 0 aromatic rings. The quantitative estimate of drug-likeness (QED) is 0.510. The number of hydrogen-bond acceptors (Lipinski definition) is 0. The van der Waals surface area contributed by atoms with Crippen LogP contribution >= 0.6 is 0 Å². The molecule has 1 radical (unpaired) electrons. The van der Waals surface area contributed by atoms with Crippen LogP contribution in [0.4, 0.5) is 0 Å². The zero-order valence-electron chi connectivity index (χ0n) is 1.71. The second-order valence-corrected chi connectivity index (χ2v) is 0. The molecule has 0 saturated heterocycles. The van der Waals surface area contributed by atoms with E-state index in [0.717, 1.165) is 0 Å². The van der Waals surface area contributed by atoms with E-state index in [1.807, 2.05) is 33.6 Å². The topological polar surface area (TPSA) is 0 Å². The van der Waals surface area contributed by atoms with Crippen molar-refractivity contribution in [2.24, 2.45) is 0 Å². The van der Waals surface area contributed by atoms with Crippen molar-refractivity contribution in [2.45, 2.75) is 0 Å². The van der Waals surface area contributed by atoms with Crippen molar-refractivity contribution in [3.05, 3.63) is 0 Å². The first-order valence-electron chi connectivity index (χ1n) is 0.167. The molecule has 0 atom stereocenters. The van der Waals surface area contributed by atoms with Crippen molar-refractivity contribution in [1.29, 1.82) is 0 Å². The van der Waals surface area contributed by atoms with Crippen molar-refractivity contribution in [1.82, 2.24) is 0 Å². The summed E-state index contributed by atoms with van der Waals surface area (Å²) in [6.45, 7) is 0. The van der Waals surface area contributed by atoms with Crippen molar-refractivity contribution in [3.63, 3.8) is 0 Å². The average molecular weight is 391 g/mol. The van der Waals surface area contributed by atoms with E-state index in [-0.39, 0.29) is 57.8 Å². The van der Waals surface area contributed by atoms with Crippen LogP contribution < -0.4 is 0 Å². The Morgan fingerprint density at radius 1 is 1.00 bits per heavy atom. The van der Waals surface area contributed by atoms with Crippen molar-refractivity contribution in [2.75, 3.05) is 0 Å². The third-order valence-electron chi connectivity index (χ3n) is 0. The Hall–Kier alpha value is 3.23. The minimum Gasteiger partial charge on any atom is 0 e. The van der Waals surface area contributed by atoms with Gasteiger partial charge in [0.05, 0.1) is 0 Å². The molecule has 0 aliphatic carbocycles. The summed E-state index contributed by atoms with van der Waals surface area (Å²) in [4.78, 5) is 0. The van der Waals surface area contributed by atoms with Crippen LogP contribution in [0.5, 0.6) is 0 Å². The Morgan fingerprint density at radius 2 is 1.00 bits per heavy atom. The first kappa shape index (κ1) is 15.7. The molecular weight excluding hydrogens is 391 g/mol. The summed E-state index contributed by atoms with van der Waals surface area (Å²) in [5.74, 6) is 0. The van der Waals surface area contributed by atoms with E-state index in [1.165, 1.54) is 0 Å². The third-order valence-corrected chi connectivity index (χ3v) is 0. The van der Waals surface area contributed by atoms with Crippen LogP contribution in [0.25, 0.3) is 0 Å². The smallest absolute Gasteiger partial charge is 0 e. The van der Waals surface area contributed by atoms with Gasteiger partial charge in [-0.2, -0.15) is 0 Å². The minimum absolute atomic E-state index is 0. The largest absolute Gasteiger partial charge is 0 e. The first-order chi connectivity index (χ1) is 1.00. The predicted molar refractivity (Wildman–Crippen MR) is 0 cm³/mol. The Balaban J connectivity index is -0.00000000500. The molecule has 0 aromatic heterocycles. The van der Waals surface area contributed by atoms with Crippen molar-refractivity contribution < 1.29 is 91.4 Å².